The second-order valence-corrected chi connectivity index (χ2v) is 6.48. The van der Waals surface area contributed by atoms with E-state index in [1.807, 2.05) is 23.5 Å². The summed E-state index contributed by atoms with van der Waals surface area (Å²) in [6, 6.07) is 11.2. The molecule has 0 spiro atoms. The summed E-state index contributed by atoms with van der Waals surface area (Å²) >= 11 is 3.37. The van der Waals surface area contributed by atoms with E-state index in [0.717, 1.165) is 23.7 Å². The first-order valence-corrected chi connectivity index (χ1v) is 7.69. The van der Waals surface area contributed by atoms with Crippen LogP contribution in [0.1, 0.15) is 9.75 Å². The number of thiophene rings is 1. The van der Waals surface area contributed by atoms with E-state index in [0.29, 0.717) is 0 Å². The fourth-order valence-electron chi connectivity index (χ4n) is 1.59. The van der Waals surface area contributed by atoms with Crippen LogP contribution in [-0.4, -0.2) is 12.3 Å². The molecule has 0 saturated heterocycles. The number of rotatable bonds is 6. The van der Waals surface area contributed by atoms with Crippen molar-refractivity contribution in [2.75, 3.05) is 12.3 Å². The van der Waals surface area contributed by atoms with Gasteiger partial charge < -0.3 is 5.32 Å². The Kier molecular flexibility index (Phi) is 5.23. The van der Waals surface area contributed by atoms with Crippen molar-refractivity contribution in [3.63, 3.8) is 0 Å². The molecule has 4 heteroatoms. The largest absolute Gasteiger partial charge is 0.311 e. The highest BCUT2D eigenvalue weighted by Crippen LogP contribution is 2.20. The Hall–Kier alpha value is -0.840. The third-order valence-electron chi connectivity index (χ3n) is 2.47. The first kappa shape index (κ1) is 13.6. The summed E-state index contributed by atoms with van der Waals surface area (Å²) in [5, 5.41) is 3.37. The van der Waals surface area contributed by atoms with Gasteiger partial charge in [0, 0.05) is 33.5 Å². The van der Waals surface area contributed by atoms with E-state index in [1.165, 1.54) is 15.8 Å². The lowest BCUT2D eigenvalue weighted by molar-refractivity contribution is 0.602. The molecular formula is C14H16FNS2. The Labute approximate surface area is 115 Å². The predicted octanol–water partition coefficient (Wildman–Crippen LogP) is 4.08. The van der Waals surface area contributed by atoms with E-state index in [-0.39, 0.29) is 5.82 Å². The van der Waals surface area contributed by atoms with Crippen LogP contribution in [0.5, 0.6) is 0 Å². The van der Waals surface area contributed by atoms with Crippen LogP contribution in [0.25, 0.3) is 0 Å². The summed E-state index contributed by atoms with van der Waals surface area (Å²) < 4.78 is 13.3. The van der Waals surface area contributed by atoms with Crippen molar-refractivity contribution in [1.82, 2.24) is 5.32 Å². The van der Waals surface area contributed by atoms with Gasteiger partial charge in [0.2, 0.25) is 0 Å². The van der Waals surface area contributed by atoms with Gasteiger partial charge in [0.15, 0.2) is 0 Å². The number of hydrogen-bond donors (Lipinski definition) is 1. The third-order valence-corrected chi connectivity index (χ3v) is 4.52. The lowest BCUT2D eigenvalue weighted by Gasteiger charge is -2.04. The minimum atomic E-state index is -0.128. The molecule has 1 N–H and O–H groups in total. The van der Waals surface area contributed by atoms with Crippen molar-refractivity contribution >= 4 is 23.1 Å². The molecule has 96 valence electrons. The van der Waals surface area contributed by atoms with E-state index in [9.17, 15) is 4.39 Å². The maximum Gasteiger partial charge on any atom is 0.136 e. The van der Waals surface area contributed by atoms with Crippen molar-refractivity contribution < 1.29 is 4.39 Å². The molecule has 2 aromatic rings. The molecule has 0 amide bonds. The van der Waals surface area contributed by atoms with Gasteiger partial charge >= 0.3 is 0 Å². The molecule has 0 bridgehead atoms. The predicted molar refractivity (Wildman–Crippen MR) is 77.9 cm³/mol. The van der Waals surface area contributed by atoms with E-state index in [2.05, 4.69) is 24.4 Å². The van der Waals surface area contributed by atoms with Crippen LogP contribution in [0.2, 0.25) is 0 Å². The smallest absolute Gasteiger partial charge is 0.136 e. The Morgan fingerprint density at radius 1 is 1.22 bits per heavy atom. The molecule has 0 radical (unpaired) electrons. The average Bonchev–Trinajstić information content (AvgIpc) is 2.77. The standard InChI is InChI=1S/C14H16FNS2/c1-11-6-7-12(18-11)10-16-8-9-17-14-5-3-2-4-13(14)15/h2-7,16H,8-10H2,1H3. The molecule has 2 rings (SSSR count). The highest BCUT2D eigenvalue weighted by atomic mass is 32.2. The molecule has 1 aromatic heterocycles. The summed E-state index contributed by atoms with van der Waals surface area (Å²) in [5.74, 6) is 0.752. The first-order valence-electron chi connectivity index (χ1n) is 5.89. The number of halogens is 1. The van der Waals surface area contributed by atoms with E-state index < -0.39 is 0 Å². The highest BCUT2D eigenvalue weighted by molar-refractivity contribution is 7.99. The van der Waals surface area contributed by atoms with Crippen molar-refractivity contribution in [2.24, 2.45) is 0 Å². The normalized spacial score (nSPS) is 10.8. The zero-order chi connectivity index (χ0) is 12.8. The zero-order valence-corrected chi connectivity index (χ0v) is 11.9. The maximum absolute atomic E-state index is 13.3. The minimum Gasteiger partial charge on any atom is -0.311 e. The summed E-state index contributed by atoms with van der Waals surface area (Å²) in [6.45, 7) is 3.90. The van der Waals surface area contributed by atoms with Gasteiger partial charge in [0.25, 0.3) is 0 Å². The maximum atomic E-state index is 13.3. The minimum absolute atomic E-state index is 0.128. The lowest BCUT2D eigenvalue weighted by Crippen LogP contribution is -2.15. The third kappa shape index (κ3) is 4.12. The van der Waals surface area contributed by atoms with Crippen LogP contribution in [0.15, 0.2) is 41.3 Å². The number of benzene rings is 1. The van der Waals surface area contributed by atoms with Gasteiger partial charge in [-0.25, -0.2) is 4.39 Å². The van der Waals surface area contributed by atoms with Crippen LogP contribution in [0.3, 0.4) is 0 Å². The first-order chi connectivity index (χ1) is 8.75. The zero-order valence-electron chi connectivity index (χ0n) is 10.3. The Morgan fingerprint density at radius 3 is 2.78 bits per heavy atom. The van der Waals surface area contributed by atoms with Gasteiger partial charge in [-0.2, -0.15) is 0 Å². The SMILES string of the molecule is Cc1ccc(CNCCSc2ccccc2F)s1. The van der Waals surface area contributed by atoms with E-state index in [4.69, 9.17) is 0 Å². The molecular weight excluding hydrogens is 265 g/mol. The number of hydrogen-bond acceptors (Lipinski definition) is 3. The van der Waals surface area contributed by atoms with Gasteiger partial charge in [-0.1, -0.05) is 12.1 Å². The van der Waals surface area contributed by atoms with Crippen molar-refractivity contribution in [2.45, 2.75) is 18.4 Å². The number of nitrogens with one attached hydrogen (secondary N) is 1. The fourth-order valence-corrected chi connectivity index (χ4v) is 3.29. The number of thioether (sulfide) groups is 1. The van der Waals surface area contributed by atoms with E-state index >= 15 is 0 Å². The molecule has 1 heterocycles. The summed E-state index contributed by atoms with van der Waals surface area (Å²) in [5.41, 5.74) is 0. The molecule has 0 saturated carbocycles. The van der Waals surface area contributed by atoms with Gasteiger partial charge in [-0.15, -0.1) is 23.1 Å². The van der Waals surface area contributed by atoms with Gasteiger partial charge in [-0.3, -0.25) is 0 Å². The second kappa shape index (κ2) is 6.92. The van der Waals surface area contributed by atoms with Crippen LogP contribution in [0.4, 0.5) is 4.39 Å². The van der Waals surface area contributed by atoms with Crippen LogP contribution >= 0.6 is 23.1 Å². The number of aryl methyl sites for hydroxylation is 1. The summed E-state index contributed by atoms with van der Waals surface area (Å²) in [6.07, 6.45) is 0. The van der Waals surface area contributed by atoms with Crippen LogP contribution < -0.4 is 5.32 Å². The van der Waals surface area contributed by atoms with E-state index in [1.54, 1.807) is 17.8 Å². The molecule has 1 aromatic carbocycles. The summed E-state index contributed by atoms with van der Waals surface area (Å²) in [7, 11) is 0. The van der Waals surface area contributed by atoms with Crippen LogP contribution in [0, 0.1) is 12.7 Å². The van der Waals surface area contributed by atoms with Gasteiger partial charge in [-0.05, 0) is 31.2 Å². The van der Waals surface area contributed by atoms with Crippen molar-refractivity contribution in [1.29, 1.82) is 0 Å². The monoisotopic (exact) mass is 281 g/mol. The highest BCUT2D eigenvalue weighted by Gasteiger charge is 2.00. The Bertz CT molecular complexity index is 496. The fraction of sp³-hybridized carbons (Fsp3) is 0.286. The van der Waals surface area contributed by atoms with Crippen LogP contribution in [-0.2, 0) is 6.54 Å². The second-order valence-electron chi connectivity index (χ2n) is 3.97. The molecule has 1 nitrogen and oxygen atoms in total. The molecule has 0 atom stereocenters. The molecule has 18 heavy (non-hydrogen) atoms. The van der Waals surface area contributed by atoms with Gasteiger partial charge in [0.1, 0.15) is 5.82 Å². The Balaban J connectivity index is 1.66. The summed E-state index contributed by atoms with van der Waals surface area (Å²) in [4.78, 5) is 3.42. The van der Waals surface area contributed by atoms with Crippen molar-refractivity contribution in [3.8, 4) is 0 Å². The topological polar surface area (TPSA) is 12.0 Å². The van der Waals surface area contributed by atoms with Gasteiger partial charge in [0.05, 0.1) is 0 Å². The molecule has 0 aliphatic rings. The molecule has 0 aliphatic heterocycles. The molecule has 0 unspecified atom stereocenters. The Morgan fingerprint density at radius 2 is 2.06 bits per heavy atom. The lowest BCUT2D eigenvalue weighted by atomic mass is 10.3. The molecule has 0 fully saturated rings. The quantitative estimate of drug-likeness (QED) is 0.632. The molecule has 0 aliphatic carbocycles. The van der Waals surface area contributed by atoms with Crippen molar-refractivity contribution in [3.05, 3.63) is 52.0 Å². The average molecular weight is 281 g/mol.